The molecule has 1 aliphatic rings. The zero-order valence-corrected chi connectivity index (χ0v) is 9.79. The van der Waals surface area contributed by atoms with Crippen LogP contribution in [-0.2, 0) is 14.3 Å². The molecule has 1 fully saturated rings. The van der Waals surface area contributed by atoms with Crippen LogP contribution in [0.2, 0.25) is 0 Å². The summed E-state index contributed by atoms with van der Waals surface area (Å²) >= 11 is 0. The van der Waals surface area contributed by atoms with Crippen LogP contribution in [0.3, 0.4) is 0 Å². The normalized spacial score (nSPS) is 27.7. The number of esters is 1. The van der Waals surface area contributed by atoms with E-state index in [1.54, 1.807) is 0 Å². The molecule has 3 unspecified atom stereocenters. The summed E-state index contributed by atoms with van der Waals surface area (Å²) < 4.78 is 10.5. The van der Waals surface area contributed by atoms with Crippen LogP contribution in [0.5, 0.6) is 0 Å². The maximum atomic E-state index is 11.7. The smallest absolute Gasteiger partial charge is 0.310 e. The molecular formula is C11H21NO3. The molecule has 3 atom stereocenters. The number of hydrogen-bond acceptors (Lipinski definition) is 4. The van der Waals surface area contributed by atoms with Crippen LogP contribution in [0.1, 0.15) is 20.8 Å². The van der Waals surface area contributed by atoms with E-state index in [-0.39, 0.29) is 18.0 Å². The van der Waals surface area contributed by atoms with E-state index < -0.39 is 0 Å². The molecule has 0 aliphatic carbocycles. The molecule has 1 saturated heterocycles. The number of carbonyl (C=O) groups is 1. The fraction of sp³-hybridized carbons (Fsp3) is 0.909. The van der Waals surface area contributed by atoms with Gasteiger partial charge in [-0.25, -0.2) is 0 Å². The summed E-state index contributed by atoms with van der Waals surface area (Å²) in [7, 11) is 0. The van der Waals surface area contributed by atoms with E-state index in [0.29, 0.717) is 19.1 Å². The minimum atomic E-state index is -0.148. The fourth-order valence-electron chi connectivity index (χ4n) is 1.73. The van der Waals surface area contributed by atoms with Gasteiger partial charge in [-0.2, -0.15) is 0 Å². The van der Waals surface area contributed by atoms with Gasteiger partial charge in [0.05, 0.1) is 12.5 Å². The molecule has 4 nitrogen and oxygen atoms in total. The molecule has 0 aromatic rings. The summed E-state index contributed by atoms with van der Waals surface area (Å²) in [6, 6.07) is 0. The second kappa shape index (κ2) is 6.08. The van der Waals surface area contributed by atoms with E-state index in [0.717, 1.165) is 13.1 Å². The van der Waals surface area contributed by atoms with E-state index in [1.807, 2.05) is 13.8 Å². The Morgan fingerprint density at radius 1 is 1.53 bits per heavy atom. The van der Waals surface area contributed by atoms with E-state index in [9.17, 15) is 4.79 Å². The summed E-state index contributed by atoms with van der Waals surface area (Å²) in [6.45, 7) is 8.64. The first-order valence-corrected chi connectivity index (χ1v) is 5.64. The standard InChI is InChI=1S/C11H21NO3/c1-4-14-7-9(3)15-11(13)10-6-12-5-8(10)2/h8-10,12H,4-7H2,1-3H3. The first kappa shape index (κ1) is 12.5. The van der Waals surface area contributed by atoms with Crippen molar-refractivity contribution in [1.82, 2.24) is 5.32 Å². The van der Waals surface area contributed by atoms with Crippen LogP contribution in [0.15, 0.2) is 0 Å². The second-order valence-corrected chi connectivity index (χ2v) is 4.15. The van der Waals surface area contributed by atoms with Gasteiger partial charge in [0.2, 0.25) is 0 Å². The Bertz CT molecular complexity index is 208. The number of ether oxygens (including phenoxy) is 2. The summed E-state index contributed by atoms with van der Waals surface area (Å²) in [4.78, 5) is 11.7. The van der Waals surface area contributed by atoms with Gasteiger partial charge in [-0.05, 0) is 26.3 Å². The maximum Gasteiger partial charge on any atom is 0.310 e. The van der Waals surface area contributed by atoms with Crippen molar-refractivity contribution in [1.29, 1.82) is 0 Å². The largest absolute Gasteiger partial charge is 0.460 e. The third kappa shape index (κ3) is 3.80. The lowest BCUT2D eigenvalue weighted by Crippen LogP contribution is -2.29. The maximum absolute atomic E-state index is 11.7. The predicted octanol–water partition coefficient (Wildman–Crippen LogP) is 0.810. The second-order valence-electron chi connectivity index (χ2n) is 4.15. The molecule has 1 N–H and O–H groups in total. The molecule has 0 radical (unpaired) electrons. The number of nitrogens with one attached hydrogen (secondary N) is 1. The Morgan fingerprint density at radius 3 is 2.80 bits per heavy atom. The van der Waals surface area contributed by atoms with Crippen molar-refractivity contribution in [3.05, 3.63) is 0 Å². The molecule has 0 aromatic carbocycles. The Hall–Kier alpha value is -0.610. The zero-order valence-electron chi connectivity index (χ0n) is 9.79. The minimum absolute atomic E-state index is 0.00840. The van der Waals surface area contributed by atoms with Gasteiger partial charge < -0.3 is 14.8 Å². The van der Waals surface area contributed by atoms with E-state index >= 15 is 0 Å². The first-order chi connectivity index (χ1) is 7.15. The van der Waals surface area contributed by atoms with Crippen molar-refractivity contribution in [2.75, 3.05) is 26.3 Å². The number of rotatable bonds is 5. The predicted molar refractivity (Wildman–Crippen MR) is 57.6 cm³/mol. The van der Waals surface area contributed by atoms with Gasteiger partial charge in [-0.1, -0.05) is 6.92 Å². The number of hydrogen-bond donors (Lipinski definition) is 1. The molecule has 15 heavy (non-hydrogen) atoms. The van der Waals surface area contributed by atoms with Crippen molar-refractivity contribution in [3.8, 4) is 0 Å². The highest BCUT2D eigenvalue weighted by atomic mass is 16.6. The Kier molecular flexibility index (Phi) is 5.05. The van der Waals surface area contributed by atoms with Crippen molar-refractivity contribution in [2.24, 2.45) is 11.8 Å². The van der Waals surface area contributed by atoms with Gasteiger partial charge in [0.25, 0.3) is 0 Å². The molecule has 0 spiro atoms. The van der Waals surface area contributed by atoms with Crippen molar-refractivity contribution in [2.45, 2.75) is 26.9 Å². The number of carbonyl (C=O) groups excluding carboxylic acids is 1. The lowest BCUT2D eigenvalue weighted by molar-refractivity contribution is -0.156. The third-order valence-electron chi connectivity index (χ3n) is 2.69. The summed E-state index contributed by atoms with van der Waals surface area (Å²) in [6.07, 6.45) is -0.148. The average molecular weight is 215 g/mol. The zero-order chi connectivity index (χ0) is 11.3. The Labute approximate surface area is 91.3 Å². The molecule has 0 saturated carbocycles. The highest BCUT2D eigenvalue weighted by Gasteiger charge is 2.31. The Balaban J connectivity index is 2.28. The highest BCUT2D eigenvalue weighted by molar-refractivity contribution is 5.73. The van der Waals surface area contributed by atoms with Crippen LogP contribution in [0.4, 0.5) is 0 Å². The van der Waals surface area contributed by atoms with Crippen LogP contribution < -0.4 is 5.32 Å². The molecular weight excluding hydrogens is 194 g/mol. The minimum Gasteiger partial charge on any atom is -0.460 e. The van der Waals surface area contributed by atoms with Crippen LogP contribution >= 0.6 is 0 Å². The van der Waals surface area contributed by atoms with Gasteiger partial charge in [-0.3, -0.25) is 4.79 Å². The van der Waals surface area contributed by atoms with Gasteiger partial charge in [0.15, 0.2) is 0 Å². The average Bonchev–Trinajstić information content (AvgIpc) is 2.61. The van der Waals surface area contributed by atoms with Crippen LogP contribution in [0, 0.1) is 11.8 Å². The SMILES string of the molecule is CCOCC(C)OC(=O)C1CNCC1C. The molecule has 4 heteroatoms. The van der Waals surface area contributed by atoms with E-state index in [2.05, 4.69) is 12.2 Å². The highest BCUT2D eigenvalue weighted by Crippen LogP contribution is 2.17. The topological polar surface area (TPSA) is 47.6 Å². The van der Waals surface area contributed by atoms with Gasteiger partial charge >= 0.3 is 5.97 Å². The van der Waals surface area contributed by atoms with E-state index in [4.69, 9.17) is 9.47 Å². The molecule has 0 aromatic heterocycles. The van der Waals surface area contributed by atoms with Crippen molar-refractivity contribution < 1.29 is 14.3 Å². The molecule has 1 rings (SSSR count). The Morgan fingerprint density at radius 2 is 2.27 bits per heavy atom. The van der Waals surface area contributed by atoms with Gasteiger partial charge in [-0.15, -0.1) is 0 Å². The summed E-state index contributed by atoms with van der Waals surface area (Å²) in [5, 5.41) is 3.19. The summed E-state index contributed by atoms with van der Waals surface area (Å²) in [5.41, 5.74) is 0. The van der Waals surface area contributed by atoms with Gasteiger partial charge in [0.1, 0.15) is 6.10 Å². The third-order valence-corrected chi connectivity index (χ3v) is 2.69. The quantitative estimate of drug-likeness (QED) is 0.689. The molecule has 0 amide bonds. The molecule has 1 aliphatic heterocycles. The summed E-state index contributed by atoms with van der Waals surface area (Å²) in [5.74, 6) is 0.283. The van der Waals surface area contributed by atoms with Crippen molar-refractivity contribution in [3.63, 3.8) is 0 Å². The van der Waals surface area contributed by atoms with Crippen LogP contribution in [0.25, 0.3) is 0 Å². The molecule has 88 valence electrons. The fourth-order valence-corrected chi connectivity index (χ4v) is 1.73. The first-order valence-electron chi connectivity index (χ1n) is 5.64. The van der Waals surface area contributed by atoms with Gasteiger partial charge in [0, 0.05) is 13.2 Å². The molecule has 1 heterocycles. The van der Waals surface area contributed by atoms with E-state index in [1.165, 1.54) is 0 Å². The molecule has 0 bridgehead atoms. The monoisotopic (exact) mass is 215 g/mol. The lowest BCUT2D eigenvalue weighted by Gasteiger charge is -2.17. The van der Waals surface area contributed by atoms with Crippen LogP contribution in [-0.4, -0.2) is 38.4 Å². The van der Waals surface area contributed by atoms with Crippen molar-refractivity contribution >= 4 is 5.97 Å². The lowest BCUT2D eigenvalue weighted by atomic mass is 9.98.